The molecule has 3 heteroatoms. The first kappa shape index (κ1) is 10.3. The van der Waals surface area contributed by atoms with Crippen molar-refractivity contribution in [2.45, 2.75) is 13.3 Å². The third-order valence-corrected chi connectivity index (χ3v) is 1.94. The van der Waals surface area contributed by atoms with Crippen LogP contribution in [0.4, 0.5) is 0 Å². The van der Waals surface area contributed by atoms with Crippen LogP contribution in [-0.4, -0.2) is 13.1 Å². The highest BCUT2D eigenvalue weighted by atomic mass is 16.5. The predicted octanol–water partition coefficient (Wildman–Crippen LogP) is 1.85. The number of aryl methyl sites for hydroxylation is 1. The number of hydrogen-bond acceptors (Lipinski definition) is 3. The smallest absolute Gasteiger partial charge is 0.338 e. The van der Waals surface area contributed by atoms with Crippen molar-refractivity contribution in [2.75, 3.05) is 7.11 Å². The largest absolute Gasteiger partial charge is 0.465 e. The Morgan fingerprint density at radius 1 is 1.57 bits per heavy atom. The van der Waals surface area contributed by atoms with Crippen molar-refractivity contribution in [2.24, 2.45) is 0 Å². The molecule has 0 unspecified atom stereocenters. The lowest BCUT2D eigenvalue weighted by Crippen LogP contribution is -2.05. The Balaban J connectivity index is 3.15. The SMILES string of the molecule is COC(=O)c1ccc(C)cc1CC#N. The monoisotopic (exact) mass is 189 g/mol. The summed E-state index contributed by atoms with van der Waals surface area (Å²) in [5.41, 5.74) is 2.22. The van der Waals surface area contributed by atoms with Crippen LogP contribution in [0.15, 0.2) is 18.2 Å². The molecule has 0 fully saturated rings. The summed E-state index contributed by atoms with van der Waals surface area (Å²) in [6.45, 7) is 1.92. The predicted molar refractivity (Wildman–Crippen MR) is 51.8 cm³/mol. The molecule has 0 amide bonds. The number of benzene rings is 1. The average molecular weight is 189 g/mol. The highest BCUT2D eigenvalue weighted by Gasteiger charge is 2.10. The van der Waals surface area contributed by atoms with Crippen molar-refractivity contribution in [3.05, 3.63) is 34.9 Å². The molecule has 0 bridgehead atoms. The number of nitrogens with zero attached hydrogens (tertiary/aromatic N) is 1. The molecular formula is C11H11NO2. The van der Waals surface area contributed by atoms with Crippen LogP contribution < -0.4 is 0 Å². The van der Waals surface area contributed by atoms with Crippen LogP contribution in [0.2, 0.25) is 0 Å². The Bertz CT molecular complexity index is 391. The van der Waals surface area contributed by atoms with E-state index >= 15 is 0 Å². The van der Waals surface area contributed by atoms with Crippen LogP contribution in [0.1, 0.15) is 21.5 Å². The molecule has 0 saturated carbocycles. The van der Waals surface area contributed by atoms with Gasteiger partial charge in [-0.05, 0) is 18.6 Å². The van der Waals surface area contributed by atoms with Gasteiger partial charge in [0, 0.05) is 0 Å². The van der Waals surface area contributed by atoms with Gasteiger partial charge in [-0.2, -0.15) is 5.26 Å². The summed E-state index contributed by atoms with van der Waals surface area (Å²) >= 11 is 0. The van der Waals surface area contributed by atoms with E-state index in [2.05, 4.69) is 4.74 Å². The van der Waals surface area contributed by atoms with E-state index in [1.165, 1.54) is 7.11 Å². The van der Waals surface area contributed by atoms with Crippen molar-refractivity contribution >= 4 is 5.97 Å². The molecule has 0 N–H and O–H groups in total. The molecule has 0 radical (unpaired) electrons. The lowest BCUT2D eigenvalue weighted by atomic mass is 10.0. The van der Waals surface area contributed by atoms with Crippen LogP contribution in [0.5, 0.6) is 0 Å². The second-order valence-corrected chi connectivity index (χ2v) is 2.99. The highest BCUT2D eigenvalue weighted by Crippen LogP contribution is 2.13. The maximum atomic E-state index is 11.3. The number of nitriles is 1. The van der Waals surface area contributed by atoms with E-state index in [0.29, 0.717) is 5.56 Å². The second kappa shape index (κ2) is 4.43. The molecule has 3 nitrogen and oxygen atoms in total. The quantitative estimate of drug-likeness (QED) is 0.667. The van der Waals surface area contributed by atoms with Gasteiger partial charge >= 0.3 is 5.97 Å². The molecule has 0 aromatic heterocycles. The van der Waals surface area contributed by atoms with Crippen molar-refractivity contribution < 1.29 is 9.53 Å². The Morgan fingerprint density at radius 3 is 2.86 bits per heavy atom. The molecular weight excluding hydrogens is 178 g/mol. The van der Waals surface area contributed by atoms with Gasteiger partial charge in [0.1, 0.15) is 0 Å². The molecule has 0 spiro atoms. The number of rotatable bonds is 2. The summed E-state index contributed by atoms with van der Waals surface area (Å²) in [6.07, 6.45) is 0.228. The summed E-state index contributed by atoms with van der Waals surface area (Å²) in [7, 11) is 1.33. The number of esters is 1. The normalized spacial score (nSPS) is 9.21. The number of ether oxygens (including phenoxy) is 1. The zero-order valence-corrected chi connectivity index (χ0v) is 8.20. The fourth-order valence-electron chi connectivity index (χ4n) is 1.26. The van der Waals surface area contributed by atoms with E-state index < -0.39 is 5.97 Å². The Labute approximate surface area is 82.9 Å². The third kappa shape index (κ3) is 2.11. The van der Waals surface area contributed by atoms with Crippen molar-refractivity contribution in [3.8, 4) is 6.07 Å². The van der Waals surface area contributed by atoms with Gasteiger partial charge in [0.25, 0.3) is 0 Å². The summed E-state index contributed by atoms with van der Waals surface area (Å²) in [4.78, 5) is 11.3. The first-order valence-corrected chi connectivity index (χ1v) is 4.24. The number of carbonyl (C=O) groups excluding carboxylic acids is 1. The van der Waals surface area contributed by atoms with Crippen LogP contribution in [-0.2, 0) is 11.2 Å². The summed E-state index contributed by atoms with van der Waals surface area (Å²) in [5, 5.41) is 8.59. The second-order valence-electron chi connectivity index (χ2n) is 2.99. The van der Waals surface area contributed by atoms with Crippen molar-refractivity contribution in [3.63, 3.8) is 0 Å². The van der Waals surface area contributed by atoms with Gasteiger partial charge in [0.15, 0.2) is 0 Å². The zero-order chi connectivity index (χ0) is 10.6. The van der Waals surface area contributed by atoms with Gasteiger partial charge in [-0.25, -0.2) is 4.79 Å². The molecule has 0 heterocycles. The van der Waals surface area contributed by atoms with Crippen LogP contribution in [0.3, 0.4) is 0 Å². The van der Waals surface area contributed by atoms with E-state index in [1.807, 2.05) is 25.1 Å². The van der Waals surface area contributed by atoms with Crippen molar-refractivity contribution in [1.29, 1.82) is 5.26 Å². The van der Waals surface area contributed by atoms with E-state index in [-0.39, 0.29) is 6.42 Å². The van der Waals surface area contributed by atoms with E-state index in [1.54, 1.807) is 6.07 Å². The number of carbonyl (C=O) groups is 1. The zero-order valence-electron chi connectivity index (χ0n) is 8.20. The fraction of sp³-hybridized carbons (Fsp3) is 0.273. The Morgan fingerprint density at radius 2 is 2.29 bits per heavy atom. The molecule has 0 saturated heterocycles. The highest BCUT2D eigenvalue weighted by molar-refractivity contribution is 5.91. The molecule has 1 rings (SSSR count). The summed E-state index contributed by atoms with van der Waals surface area (Å²) < 4.78 is 4.61. The van der Waals surface area contributed by atoms with Crippen molar-refractivity contribution in [1.82, 2.24) is 0 Å². The van der Waals surface area contributed by atoms with Crippen LogP contribution in [0.25, 0.3) is 0 Å². The maximum absolute atomic E-state index is 11.3. The number of methoxy groups -OCH3 is 1. The van der Waals surface area contributed by atoms with Gasteiger partial charge in [0.2, 0.25) is 0 Å². The lowest BCUT2D eigenvalue weighted by Gasteiger charge is -2.05. The molecule has 14 heavy (non-hydrogen) atoms. The Hall–Kier alpha value is -1.82. The summed E-state index contributed by atoms with van der Waals surface area (Å²) in [5.74, 6) is -0.393. The third-order valence-electron chi connectivity index (χ3n) is 1.94. The maximum Gasteiger partial charge on any atom is 0.338 e. The topological polar surface area (TPSA) is 50.1 Å². The molecule has 0 atom stereocenters. The molecule has 0 aliphatic rings. The minimum Gasteiger partial charge on any atom is -0.465 e. The molecule has 0 aliphatic carbocycles. The minimum atomic E-state index is -0.393. The average Bonchev–Trinajstić information content (AvgIpc) is 2.17. The summed E-state index contributed by atoms with van der Waals surface area (Å²) in [6, 6.07) is 7.37. The van der Waals surface area contributed by atoms with Crippen LogP contribution in [0, 0.1) is 18.3 Å². The van der Waals surface area contributed by atoms with E-state index in [0.717, 1.165) is 11.1 Å². The molecule has 1 aromatic rings. The van der Waals surface area contributed by atoms with Gasteiger partial charge in [-0.3, -0.25) is 0 Å². The van der Waals surface area contributed by atoms with Gasteiger partial charge < -0.3 is 4.74 Å². The van der Waals surface area contributed by atoms with E-state index in [9.17, 15) is 4.79 Å². The fourth-order valence-corrected chi connectivity index (χ4v) is 1.26. The van der Waals surface area contributed by atoms with Crippen LogP contribution >= 0.6 is 0 Å². The standard InChI is InChI=1S/C11H11NO2/c1-8-3-4-10(11(13)14-2)9(7-8)5-6-12/h3-4,7H,5H2,1-2H3. The molecule has 0 aliphatic heterocycles. The first-order chi connectivity index (χ1) is 6.69. The number of hydrogen-bond donors (Lipinski definition) is 0. The van der Waals surface area contributed by atoms with Gasteiger partial charge in [0.05, 0.1) is 25.2 Å². The Kier molecular flexibility index (Phi) is 3.24. The minimum absolute atomic E-state index is 0.228. The van der Waals surface area contributed by atoms with Gasteiger partial charge in [-0.1, -0.05) is 17.7 Å². The first-order valence-electron chi connectivity index (χ1n) is 4.24. The van der Waals surface area contributed by atoms with Gasteiger partial charge in [-0.15, -0.1) is 0 Å². The van der Waals surface area contributed by atoms with E-state index in [4.69, 9.17) is 5.26 Å². The molecule has 72 valence electrons. The lowest BCUT2D eigenvalue weighted by molar-refractivity contribution is 0.0599. The molecule has 1 aromatic carbocycles.